The molecule has 202 valence electrons. The van der Waals surface area contributed by atoms with Gasteiger partial charge in [0.1, 0.15) is 34.6 Å². The molecule has 4 aliphatic rings. The number of rotatable bonds is 5. The highest BCUT2D eigenvalue weighted by Gasteiger charge is 2.64. The van der Waals surface area contributed by atoms with Crippen molar-refractivity contribution in [2.45, 2.75) is 50.3 Å². The third-order valence-electron chi connectivity index (χ3n) is 8.67. The van der Waals surface area contributed by atoms with E-state index in [0.29, 0.717) is 11.3 Å². The molecule has 3 aliphatic carbocycles. The quantitative estimate of drug-likeness (QED) is 0.279. The Morgan fingerprint density at radius 1 is 1.32 bits per heavy atom. The number of benzene rings is 1. The average Bonchev–Trinajstić information content (AvgIpc) is 3.35. The molecular formula is C27H31N3O8. The molecule has 0 radical (unpaired) electrons. The number of methoxy groups -OCH3 is 1. The molecule has 1 heterocycles. The van der Waals surface area contributed by atoms with Crippen LogP contribution < -0.4 is 10.5 Å². The molecule has 1 amide bonds. The zero-order valence-corrected chi connectivity index (χ0v) is 21.2. The summed E-state index contributed by atoms with van der Waals surface area (Å²) in [4.78, 5) is 44.7. The lowest BCUT2D eigenvalue weighted by atomic mass is 9.57. The van der Waals surface area contributed by atoms with Crippen LogP contribution in [0.1, 0.15) is 48.9 Å². The first kappa shape index (κ1) is 25.9. The first-order valence-corrected chi connectivity index (χ1v) is 12.6. The summed E-state index contributed by atoms with van der Waals surface area (Å²) < 4.78 is 5.81. The van der Waals surface area contributed by atoms with E-state index in [9.17, 15) is 34.8 Å². The molecule has 5 rings (SSSR count). The SMILES string of the molecule is C=N[C@@H]1C(=O)C(C(N)=O)=C(O)[C@@]2(O)C(=O)C3=C(O)c4c(O)cc(C5CCCN5CC)c(OC)c4C[C@H]3C[C@@H]12. The summed E-state index contributed by atoms with van der Waals surface area (Å²) in [7, 11) is 1.51. The zero-order chi connectivity index (χ0) is 27.7. The summed E-state index contributed by atoms with van der Waals surface area (Å²) in [5, 5.41) is 44.8. The highest BCUT2D eigenvalue weighted by Crippen LogP contribution is 2.55. The molecule has 2 fully saturated rings. The molecule has 11 heteroatoms. The number of amides is 1. The van der Waals surface area contributed by atoms with E-state index in [0.717, 1.165) is 31.5 Å². The van der Waals surface area contributed by atoms with E-state index in [4.69, 9.17) is 10.5 Å². The summed E-state index contributed by atoms with van der Waals surface area (Å²) in [6.45, 7) is 7.17. The number of aliphatic imine (C=N–C) groups is 1. The Balaban J connectivity index is 1.71. The van der Waals surface area contributed by atoms with Crippen LogP contribution in [-0.4, -0.2) is 81.4 Å². The van der Waals surface area contributed by atoms with Crippen LogP contribution in [0.3, 0.4) is 0 Å². The molecule has 38 heavy (non-hydrogen) atoms. The van der Waals surface area contributed by atoms with Crippen LogP contribution in [0.15, 0.2) is 28.0 Å². The van der Waals surface area contributed by atoms with Gasteiger partial charge in [0, 0.05) is 28.7 Å². The van der Waals surface area contributed by atoms with Crippen LogP contribution in [-0.2, 0) is 20.8 Å². The van der Waals surface area contributed by atoms with Gasteiger partial charge in [0.15, 0.2) is 11.4 Å². The predicted molar refractivity (Wildman–Crippen MR) is 136 cm³/mol. The summed E-state index contributed by atoms with van der Waals surface area (Å²) in [5.41, 5.74) is 2.71. The third kappa shape index (κ3) is 3.27. The van der Waals surface area contributed by atoms with Crippen molar-refractivity contribution in [3.8, 4) is 11.5 Å². The number of nitrogens with two attached hydrogens (primary N) is 1. The number of hydrogen-bond donors (Lipinski definition) is 5. The monoisotopic (exact) mass is 525 g/mol. The number of primary amides is 1. The third-order valence-corrected chi connectivity index (χ3v) is 8.67. The van der Waals surface area contributed by atoms with Gasteiger partial charge in [0.2, 0.25) is 5.78 Å². The van der Waals surface area contributed by atoms with E-state index in [1.165, 1.54) is 13.2 Å². The van der Waals surface area contributed by atoms with Crippen LogP contribution in [0.4, 0.5) is 0 Å². The van der Waals surface area contributed by atoms with Crippen molar-refractivity contribution in [1.82, 2.24) is 4.90 Å². The van der Waals surface area contributed by atoms with E-state index >= 15 is 0 Å². The highest BCUT2D eigenvalue weighted by atomic mass is 16.5. The molecule has 11 nitrogen and oxygen atoms in total. The Kier molecular flexibility index (Phi) is 6.11. The number of carbonyl (C=O) groups is 3. The van der Waals surface area contributed by atoms with Crippen molar-refractivity contribution < 1.29 is 39.5 Å². The molecule has 1 aromatic carbocycles. The fraction of sp³-hybridized carbons (Fsp3) is 0.481. The average molecular weight is 526 g/mol. The maximum absolute atomic E-state index is 13.8. The Labute approximate surface area is 218 Å². The molecule has 1 unspecified atom stereocenters. The fourth-order valence-corrected chi connectivity index (χ4v) is 6.98. The standard InChI is InChI=1S/C27H31N3O8/c1-4-30-7-5-6-15(30)12-10-16(31)18-13(23(12)38-3)8-11-9-14-20(29-2)22(33)19(26(28)36)25(35)27(14,37)24(34)17(11)21(18)32/h10-11,14-15,20,31-32,35,37H,2,4-9H2,1,3H3,(H2,28,36)/t11-,14-,15?,20-,27-/m0/s1. The van der Waals surface area contributed by atoms with Crippen molar-refractivity contribution in [1.29, 1.82) is 0 Å². The second-order valence-corrected chi connectivity index (χ2v) is 10.3. The normalized spacial score (nSPS) is 31.1. The molecule has 1 aromatic rings. The lowest BCUT2D eigenvalue weighted by Gasteiger charge is -2.48. The van der Waals surface area contributed by atoms with Crippen molar-refractivity contribution in [3.05, 3.63) is 39.7 Å². The number of aliphatic hydroxyl groups excluding tert-OH is 2. The first-order valence-electron chi connectivity index (χ1n) is 12.6. The summed E-state index contributed by atoms with van der Waals surface area (Å²) in [6, 6.07) is 0.139. The van der Waals surface area contributed by atoms with Gasteiger partial charge in [-0.3, -0.25) is 24.3 Å². The Bertz CT molecular complexity index is 1350. The van der Waals surface area contributed by atoms with Gasteiger partial charge in [-0.15, -0.1) is 0 Å². The molecule has 1 aliphatic heterocycles. The Morgan fingerprint density at radius 3 is 2.63 bits per heavy atom. The van der Waals surface area contributed by atoms with Gasteiger partial charge in [0.25, 0.3) is 5.91 Å². The molecule has 1 saturated heterocycles. The number of aliphatic hydroxyl groups is 3. The second kappa shape index (κ2) is 8.95. The van der Waals surface area contributed by atoms with Crippen molar-refractivity contribution in [2.75, 3.05) is 20.2 Å². The summed E-state index contributed by atoms with van der Waals surface area (Å²) >= 11 is 0. The molecule has 1 saturated carbocycles. The van der Waals surface area contributed by atoms with E-state index in [1.54, 1.807) is 0 Å². The second-order valence-electron chi connectivity index (χ2n) is 10.3. The summed E-state index contributed by atoms with van der Waals surface area (Å²) in [5.74, 6) is -6.75. The molecule has 0 spiro atoms. The molecule has 0 aromatic heterocycles. The minimum atomic E-state index is -2.73. The maximum Gasteiger partial charge on any atom is 0.255 e. The molecule has 5 atom stereocenters. The number of phenols is 1. The Hall–Kier alpha value is -3.70. The van der Waals surface area contributed by atoms with Gasteiger partial charge in [-0.05, 0) is 57.5 Å². The van der Waals surface area contributed by atoms with Gasteiger partial charge in [-0.25, -0.2) is 0 Å². The van der Waals surface area contributed by atoms with Gasteiger partial charge in [-0.2, -0.15) is 0 Å². The van der Waals surface area contributed by atoms with E-state index in [2.05, 4.69) is 23.5 Å². The summed E-state index contributed by atoms with van der Waals surface area (Å²) in [6.07, 6.45) is 1.96. The van der Waals surface area contributed by atoms with Crippen LogP contribution in [0.5, 0.6) is 11.5 Å². The number of aromatic hydroxyl groups is 1. The largest absolute Gasteiger partial charge is 0.508 e. The van der Waals surface area contributed by atoms with E-state index < -0.39 is 58.0 Å². The van der Waals surface area contributed by atoms with E-state index in [1.807, 2.05) is 0 Å². The number of ether oxygens (including phenoxy) is 1. The minimum absolute atomic E-state index is 0.0105. The fourth-order valence-electron chi connectivity index (χ4n) is 6.98. The van der Waals surface area contributed by atoms with Crippen molar-refractivity contribution >= 4 is 30.0 Å². The predicted octanol–water partition coefficient (Wildman–Crippen LogP) is 1.27. The number of phenolic OH excluding ortho intramolecular Hbond substituents is 1. The van der Waals surface area contributed by atoms with Crippen molar-refractivity contribution in [3.63, 3.8) is 0 Å². The smallest absolute Gasteiger partial charge is 0.255 e. The van der Waals surface area contributed by atoms with Gasteiger partial charge < -0.3 is 30.9 Å². The number of likely N-dealkylation sites (tertiary alicyclic amines) is 1. The van der Waals surface area contributed by atoms with Gasteiger partial charge >= 0.3 is 0 Å². The van der Waals surface area contributed by atoms with Crippen molar-refractivity contribution in [2.24, 2.45) is 22.6 Å². The lowest BCUT2D eigenvalue weighted by molar-refractivity contribution is -0.149. The maximum atomic E-state index is 13.8. The number of nitrogens with zero attached hydrogens (tertiary/aromatic N) is 2. The molecule has 0 bridgehead atoms. The topological polar surface area (TPSA) is 183 Å². The first-order chi connectivity index (χ1) is 18.0. The van der Waals surface area contributed by atoms with E-state index in [-0.39, 0.29) is 35.8 Å². The van der Waals surface area contributed by atoms with Crippen LogP contribution in [0, 0.1) is 11.8 Å². The molecular weight excluding hydrogens is 494 g/mol. The number of carbonyl (C=O) groups excluding carboxylic acids is 3. The number of fused-ring (bicyclic) bond motifs is 3. The van der Waals surface area contributed by atoms with Crippen LogP contribution in [0.25, 0.3) is 5.76 Å². The van der Waals surface area contributed by atoms with Gasteiger partial charge in [0.05, 0.1) is 12.7 Å². The van der Waals surface area contributed by atoms with Crippen LogP contribution in [0.2, 0.25) is 0 Å². The number of ketones is 2. The minimum Gasteiger partial charge on any atom is -0.508 e. The highest BCUT2D eigenvalue weighted by molar-refractivity contribution is 6.24. The molecule has 6 N–H and O–H groups in total. The lowest BCUT2D eigenvalue weighted by Crippen LogP contribution is -2.62. The van der Waals surface area contributed by atoms with Crippen LogP contribution >= 0.6 is 0 Å². The Morgan fingerprint density at radius 2 is 2.03 bits per heavy atom. The van der Waals surface area contributed by atoms with Gasteiger partial charge in [-0.1, -0.05) is 6.92 Å². The number of hydrogen-bond acceptors (Lipinski definition) is 10. The zero-order valence-electron chi connectivity index (χ0n) is 21.2. The number of Topliss-reactive ketones (excluding diaryl/α,β-unsaturated/α-hetero) is 2.